The van der Waals surface area contributed by atoms with E-state index in [1.807, 2.05) is 4.90 Å². The third kappa shape index (κ3) is 4.33. The van der Waals surface area contributed by atoms with Gasteiger partial charge in [0.15, 0.2) is 0 Å². The standard InChI is InChI=1S/C15H21ClN2O3/c1-11-10-18(6-5-17-11)15(19)13-9-12(16)3-4-14(13)21-8-7-20-2/h3-4,9,11,17H,5-8,10H2,1-2H3/t11-/m0/s1. The number of hydrogen-bond acceptors (Lipinski definition) is 4. The maximum Gasteiger partial charge on any atom is 0.257 e. The summed E-state index contributed by atoms with van der Waals surface area (Å²) in [5, 5.41) is 3.85. The lowest BCUT2D eigenvalue weighted by Gasteiger charge is -2.32. The van der Waals surface area contributed by atoms with Gasteiger partial charge in [-0.25, -0.2) is 0 Å². The van der Waals surface area contributed by atoms with E-state index in [2.05, 4.69) is 12.2 Å². The number of nitrogens with zero attached hydrogens (tertiary/aromatic N) is 1. The molecule has 0 saturated carbocycles. The van der Waals surface area contributed by atoms with E-state index in [0.29, 0.717) is 48.7 Å². The van der Waals surface area contributed by atoms with Crippen LogP contribution in [0.2, 0.25) is 5.02 Å². The van der Waals surface area contributed by atoms with E-state index in [4.69, 9.17) is 21.1 Å². The minimum Gasteiger partial charge on any atom is -0.490 e. The Kier molecular flexibility index (Phi) is 5.85. The highest BCUT2D eigenvalue weighted by Crippen LogP contribution is 2.25. The zero-order valence-electron chi connectivity index (χ0n) is 12.4. The summed E-state index contributed by atoms with van der Waals surface area (Å²) in [6.07, 6.45) is 0. The summed E-state index contributed by atoms with van der Waals surface area (Å²) in [6.45, 7) is 5.11. The first-order valence-corrected chi connectivity index (χ1v) is 7.43. The molecule has 0 radical (unpaired) electrons. The van der Waals surface area contributed by atoms with Gasteiger partial charge in [0.25, 0.3) is 5.91 Å². The molecule has 116 valence electrons. The van der Waals surface area contributed by atoms with Gasteiger partial charge in [-0.3, -0.25) is 4.79 Å². The average Bonchev–Trinajstić information content (AvgIpc) is 2.48. The SMILES string of the molecule is COCCOc1ccc(Cl)cc1C(=O)N1CCN[C@@H](C)C1. The van der Waals surface area contributed by atoms with Gasteiger partial charge in [-0.2, -0.15) is 0 Å². The highest BCUT2D eigenvalue weighted by Gasteiger charge is 2.24. The summed E-state index contributed by atoms with van der Waals surface area (Å²) >= 11 is 6.03. The second-order valence-electron chi connectivity index (χ2n) is 5.09. The number of carbonyl (C=O) groups is 1. The Hall–Kier alpha value is -1.30. The molecular weight excluding hydrogens is 292 g/mol. The summed E-state index contributed by atoms with van der Waals surface area (Å²) in [5.74, 6) is 0.505. The number of hydrogen-bond donors (Lipinski definition) is 1. The molecule has 1 fully saturated rings. The number of carbonyl (C=O) groups excluding carboxylic acids is 1. The van der Waals surface area contributed by atoms with Crippen LogP contribution >= 0.6 is 11.6 Å². The van der Waals surface area contributed by atoms with Gasteiger partial charge in [0.1, 0.15) is 12.4 Å². The number of piperazine rings is 1. The van der Waals surface area contributed by atoms with Crippen molar-refractivity contribution < 1.29 is 14.3 Å². The maximum absolute atomic E-state index is 12.7. The van der Waals surface area contributed by atoms with Crippen molar-refractivity contribution in [2.24, 2.45) is 0 Å². The van der Waals surface area contributed by atoms with Gasteiger partial charge in [0.2, 0.25) is 0 Å². The summed E-state index contributed by atoms with van der Waals surface area (Å²) < 4.78 is 10.6. The predicted octanol–water partition coefficient (Wildman–Crippen LogP) is 1.80. The molecule has 1 atom stereocenters. The number of amides is 1. The lowest BCUT2D eigenvalue weighted by atomic mass is 10.1. The molecule has 1 aromatic rings. The van der Waals surface area contributed by atoms with Gasteiger partial charge in [0.05, 0.1) is 12.2 Å². The highest BCUT2D eigenvalue weighted by atomic mass is 35.5. The van der Waals surface area contributed by atoms with Gasteiger partial charge in [-0.05, 0) is 25.1 Å². The molecule has 1 N–H and O–H groups in total. The van der Waals surface area contributed by atoms with E-state index in [9.17, 15) is 4.79 Å². The zero-order valence-corrected chi connectivity index (χ0v) is 13.2. The fraction of sp³-hybridized carbons (Fsp3) is 0.533. The van der Waals surface area contributed by atoms with Gasteiger partial charge in [-0.15, -0.1) is 0 Å². The third-order valence-corrected chi connectivity index (χ3v) is 3.61. The Morgan fingerprint density at radius 2 is 2.29 bits per heavy atom. The highest BCUT2D eigenvalue weighted by molar-refractivity contribution is 6.31. The topological polar surface area (TPSA) is 50.8 Å². The molecule has 1 aromatic carbocycles. The van der Waals surface area contributed by atoms with Crippen molar-refractivity contribution in [3.63, 3.8) is 0 Å². The van der Waals surface area contributed by atoms with Crippen molar-refractivity contribution in [2.45, 2.75) is 13.0 Å². The van der Waals surface area contributed by atoms with Gasteiger partial charge >= 0.3 is 0 Å². The Bertz CT molecular complexity index is 496. The van der Waals surface area contributed by atoms with Crippen LogP contribution in [0, 0.1) is 0 Å². The van der Waals surface area contributed by atoms with E-state index in [-0.39, 0.29) is 5.91 Å². The van der Waals surface area contributed by atoms with Crippen LogP contribution in [0.25, 0.3) is 0 Å². The largest absolute Gasteiger partial charge is 0.490 e. The minimum absolute atomic E-state index is 0.0433. The molecule has 6 heteroatoms. The summed E-state index contributed by atoms with van der Waals surface area (Å²) in [4.78, 5) is 14.5. The molecule has 0 bridgehead atoms. The summed E-state index contributed by atoms with van der Waals surface area (Å²) in [6, 6.07) is 5.41. The van der Waals surface area contributed by atoms with E-state index in [0.717, 1.165) is 6.54 Å². The molecule has 0 spiro atoms. The van der Waals surface area contributed by atoms with Crippen LogP contribution < -0.4 is 10.1 Å². The predicted molar refractivity (Wildman–Crippen MR) is 82.2 cm³/mol. The van der Waals surface area contributed by atoms with E-state index in [1.165, 1.54) is 0 Å². The van der Waals surface area contributed by atoms with E-state index in [1.54, 1.807) is 25.3 Å². The molecule has 1 aliphatic heterocycles. The molecule has 2 rings (SSSR count). The fourth-order valence-electron chi connectivity index (χ4n) is 2.32. The Balaban J connectivity index is 2.15. The first-order chi connectivity index (χ1) is 10.1. The molecule has 1 aliphatic rings. The van der Waals surface area contributed by atoms with Crippen molar-refractivity contribution in [2.75, 3.05) is 40.0 Å². The van der Waals surface area contributed by atoms with Crippen LogP contribution in [0.15, 0.2) is 18.2 Å². The van der Waals surface area contributed by atoms with Crippen LogP contribution in [0.3, 0.4) is 0 Å². The van der Waals surface area contributed by atoms with Crippen LogP contribution in [-0.4, -0.2) is 56.8 Å². The number of ether oxygens (including phenoxy) is 2. The number of rotatable bonds is 5. The van der Waals surface area contributed by atoms with Gasteiger partial charge in [-0.1, -0.05) is 11.6 Å². The lowest BCUT2D eigenvalue weighted by molar-refractivity contribution is 0.0702. The van der Waals surface area contributed by atoms with Crippen LogP contribution in [-0.2, 0) is 4.74 Å². The van der Waals surface area contributed by atoms with Gasteiger partial charge in [0, 0.05) is 37.8 Å². The molecule has 1 heterocycles. The summed E-state index contributed by atoms with van der Waals surface area (Å²) in [7, 11) is 1.61. The second-order valence-corrected chi connectivity index (χ2v) is 5.52. The first kappa shape index (κ1) is 16.1. The Labute approximate surface area is 130 Å². The van der Waals surface area contributed by atoms with E-state index >= 15 is 0 Å². The molecule has 0 aromatic heterocycles. The number of nitrogens with one attached hydrogen (secondary N) is 1. The number of methoxy groups -OCH3 is 1. The number of halogens is 1. The molecule has 0 unspecified atom stereocenters. The lowest BCUT2D eigenvalue weighted by Crippen LogP contribution is -2.51. The molecular formula is C15H21ClN2O3. The smallest absolute Gasteiger partial charge is 0.257 e. The van der Waals surface area contributed by atoms with E-state index < -0.39 is 0 Å². The van der Waals surface area contributed by atoms with Crippen molar-refractivity contribution in [1.29, 1.82) is 0 Å². The second kappa shape index (κ2) is 7.64. The fourth-order valence-corrected chi connectivity index (χ4v) is 2.49. The summed E-state index contributed by atoms with van der Waals surface area (Å²) in [5.41, 5.74) is 0.507. The third-order valence-electron chi connectivity index (χ3n) is 3.37. The molecule has 21 heavy (non-hydrogen) atoms. The average molecular weight is 313 g/mol. The van der Waals surface area contributed by atoms with Crippen molar-refractivity contribution >= 4 is 17.5 Å². The van der Waals surface area contributed by atoms with Crippen molar-refractivity contribution in [3.05, 3.63) is 28.8 Å². The molecule has 1 saturated heterocycles. The normalized spacial score (nSPS) is 18.6. The first-order valence-electron chi connectivity index (χ1n) is 7.05. The van der Waals surface area contributed by atoms with Crippen LogP contribution in [0.1, 0.15) is 17.3 Å². The monoisotopic (exact) mass is 312 g/mol. The minimum atomic E-state index is -0.0433. The quantitative estimate of drug-likeness (QED) is 0.842. The Morgan fingerprint density at radius 3 is 3.00 bits per heavy atom. The molecule has 0 aliphatic carbocycles. The van der Waals surface area contributed by atoms with Crippen molar-refractivity contribution in [1.82, 2.24) is 10.2 Å². The zero-order chi connectivity index (χ0) is 15.2. The Morgan fingerprint density at radius 1 is 1.48 bits per heavy atom. The van der Waals surface area contributed by atoms with Crippen molar-refractivity contribution in [3.8, 4) is 5.75 Å². The maximum atomic E-state index is 12.7. The van der Waals surface area contributed by atoms with Crippen LogP contribution in [0.4, 0.5) is 0 Å². The van der Waals surface area contributed by atoms with Crippen LogP contribution in [0.5, 0.6) is 5.75 Å². The van der Waals surface area contributed by atoms with Gasteiger partial charge < -0.3 is 19.7 Å². The number of benzene rings is 1. The molecule has 5 nitrogen and oxygen atoms in total. The molecule has 1 amide bonds.